The number of para-hydroxylation sites is 1. The molecule has 8 heteroatoms. The predicted molar refractivity (Wildman–Crippen MR) is 120 cm³/mol. The number of hydrogen-bond donors (Lipinski definition) is 4. The Morgan fingerprint density at radius 2 is 1.75 bits per heavy atom. The number of nitrogens with two attached hydrogens (primary N) is 1. The molecule has 8 nitrogen and oxygen atoms in total. The SMILES string of the molecule is NC(=O)c1cccc(Oc2ccc(C[C@@H](CO)NCC(O)COc3ccccc3)cc2)n1. The molecule has 0 spiro atoms. The van der Waals surface area contributed by atoms with Crippen LogP contribution in [0.1, 0.15) is 16.1 Å². The number of pyridine rings is 1. The second-order valence-electron chi connectivity index (χ2n) is 7.24. The van der Waals surface area contributed by atoms with Crippen molar-refractivity contribution < 1.29 is 24.5 Å². The van der Waals surface area contributed by atoms with Crippen molar-refractivity contribution in [2.45, 2.75) is 18.6 Å². The molecule has 1 heterocycles. The zero-order valence-electron chi connectivity index (χ0n) is 17.6. The van der Waals surface area contributed by atoms with Gasteiger partial charge in [-0.1, -0.05) is 36.4 Å². The van der Waals surface area contributed by atoms with E-state index in [9.17, 15) is 15.0 Å². The van der Waals surface area contributed by atoms with E-state index in [0.717, 1.165) is 5.56 Å². The topological polar surface area (TPSA) is 127 Å². The fourth-order valence-corrected chi connectivity index (χ4v) is 2.98. The van der Waals surface area contributed by atoms with Gasteiger partial charge in [-0.2, -0.15) is 0 Å². The number of nitrogens with zero attached hydrogens (tertiary/aromatic N) is 1. The summed E-state index contributed by atoms with van der Waals surface area (Å²) in [4.78, 5) is 15.3. The first-order valence-electron chi connectivity index (χ1n) is 10.3. The van der Waals surface area contributed by atoms with Gasteiger partial charge in [-0.3, -0.25) is 4.79 Å². The third-order valence-electron chi connectivity index (χ3n) is 4.65. The maximum Gasteiger partial charge on any atom is 0.267 e. The summed E-state index contributed by atoms with van der Waals surface area (Å²) in [6, 6.07) is 21.2. The van der Waals surface area contributed by atoms with E-state index in [1.165, 1.54) is 6.07 Å². The van der Waals surface area contributed by atoms with Gasteiger partial charge in [-0.15, -0.1) is 0 Å². The third kappa shape index (κ3) is 7.35. The molecule has 2 aromatic carbocycles. The summed E-state index contributed by atoms with van der Waals surface area (Å²) in [7, 11) is 0. The number of carbonyl (C=O) groups excluding carboxylic acids is 1. The van der Waals surface area contributed by atoms with E-state index in [2.05, 4.69) is 10.3 Å². The van der Waals surface area contributed by atoms with E-state index in [1.54, 1.807) is 24.3 Å². The molecule has 0 radical (unpaired) electrons. The molecule has 0 saturated carbocycles. The van der Waals surface area contributed by atoms with Crippen LogP contribution in [-0.4, -0.2) is 53.0 Å². The van der Waals surface area contributed by atoms with Gasteiger partial charge in [0.2, 0.25) is 5.88 Å². The van der Waals surface area contributed by atoms with Crippen LogP contribution in [0.5, 0.6) is 17.4 Å². The van der Waals surface area contributed by atoms with Gasteiger partial charge in [-0.05, 0) is 42.3 Å². The Hall–Kier alpha value is -3.46. The van der Waals surface area contributed by atoms with Crippen molar-refractivity contribution in [3.8, 4) is 17.4 Å². The number of amides is 1. The molecule has 3 rings (SSSR count). The number of aromatic nitrogens is 1. The number of carbonyl (C=O) groups is 1. The standard InChI is InChI=1S/C24H27N3O5/c25-24(30)22-7-4-8-23(27-22)32-21-11-9-17(10-12-21)13-18(15-28)26-14-19(29)16-31-20-5-2-1-3-6-20/h1-12,18-19,26,28-29H,13-16H2,(H2,25,30)/t18-,19?/m0/s1. The van der Waals surface area contributed by atoms with Crippen LogP contribution in [0.3, 0.4) is 0 Å². The average molecular weight is 437 g/mol. The number of primary amides is 1. The minimum atomic E-state index is -0.705. The highest BCUT2D eigenvalue weighted by Crippen LogP contribution is 2.20. The highest BCUT2D eigenvalue weighted by Gasteiger charge is 2.12. The van der Waals surface area contributed by atoms with Crippen LogP contribution >= 0.6 is 0 Å². The van der Waals surface area contributed by atoms with Gasteiger partial charge in [0.05, 0.1) is 6.61 Å². The largest absolute Gasteiger partial charge is 0.491 e. The van der Waals surface area contributed by atoms with Crippen molar-refractivity contribution in [1.29, 1.82) is 0 Å². The van der Waals surface area contributed by atoms with E-state index in [-0.39, 0.29) is 30.8 Å². The number of aliphatic hydroxyl groups is 2. The van der Waals surface area contributed by atoms with Crippen LogP contribution < -0.4 is 20.5 Å². The van der Waals surface area contributed by atoms with Crippen LogP contribution in [0, 0.1) is 0 Å². The highest BCUT2D eigenvalue weighted by atomic mass is 16.5. The molecule has 168 valence electrons. The lowest BCUT2D eigenvalue weighted by molar-refractivity contribution is 0.0993. The van der Waals surface area contributed by atoms with Crippen molar-refractivity contribution in [2.24, 2.45) is 5.73 Å². The summed E-state index contributed by atoms with van der Waals surface area (Å²) in [5.74, 6) is 0.912. The lowest BCUT2D eigenvalue weighted by Gasteiger charge is -2.19. The van der Waals surface area contributed by atoms with Gasteiger partial charge in [0, 0.05) is 18.7 Å². The quantitative estimate of drug-likeness (QED) is 0.341. The van der Waals surface area contributed by atoms with E-state index < -0.39 is 12.0 Å². The normalized spacial score (nSPS) is 12.7. The summed E-state index contributed by atoms with van der Waals surface area (Å²) < 4.78 is 11.2. The summed E-state index contributed by atoms with van der Waals surface area (Å²) in [6.45, 7) is 0.377. The summed E-state index contributed by atoms with van der Waals surface area (Å²) >= 11 is 0. The zero-order chi connectivity index (χ0) is 22.8. The molecule has 1 aromatic heterocycles. The van der Waals surface area contributed by atoms with Crippen LogP contribution in [0.25, 0.3) is 0 Å². The van der Waals surface area contributed by atoms with E-state index in [0.29, 0.717) is 24.5 Å². The molecule has 0 saturated heterocycles. The van der Waals surface area contributed by atoms with Gasteiger partial charge < -0.3 is 30.7 Å². The second kappa shape index (κ2) is 11.8. The zero-order valence-corrected chi connectivity index (χ0v) is 17.6. The first-order chi connectivity index (χ1) is 15.5. The molecule has 3 aromatic rings. The van der Waals surface area contributed by atoms with Gasteiger partial charge in [0.25, 0.3) is 5.91 Å². The molecule has 32 heavy (non-hydrogen) atoms. The van der Waals surface area contributed by atoms with Crippen LogP contribution in [0.15, 0.2) is 72.8 Å². The average Bonchev–Trinajstić information content (AvgIpc) is 2.82. The van der Waals surface area contributed by atoms with Gasteiger partial charge in [-0.25, -0.2) is 4.98 Å². The minimum Gasteiger partial charge on any atom is -0.491 e. The van der Waals surface area contributed by atoms with Crippen molar-refractivity contribution in [1.82, 2.24) is 10.3 Å². The first kappa shape index (κ1) is 23.2. The Balaban J connectivity index is 1.46. The van der Waals surface area contributed by atoms with E-state index >= 15 is 0 Å². The van der Waals surface area contributed by atoms with Crippen LogP contribution in [-0.2, 0) is 6.42 Å². The highest BCUT2D eigenvalue weighted by molar-refractivity contribution is 5.90. The predicted octanol–water partition coefficient (Wildman–Crippen LogP) is 1.91. The lowest BCUT2D eigenvalue weighted by atomic mass is 10.1. The molecule has 0 bridgehead atoms. The van der Waals surface area contributed by atoms with E-state index in [1.807, 2.05) is 42.5 Å². The van der Waals surface area contributed by atoms with Crippen molar-refractivity contribution >= 4 is 5.91 Å². The smallest absolute Gasteiger partial charge is 0.267 e. The summed E-state index contributed by atoms with van der Waals surface area (Å²) in [5.41, 5.74) is 6.35. The first-order valence-corrected chi connectivity index (χ1v) is 10.3. The third-order valence-corrected chi connectivity index (χ3v) is 4.65. The molecule has 0 aliphatic carbocycles. The Morgan fingerprint density at radius 3 is 2.44 bits per heavy atom. The molecule has 5 N–H and O–H groups in total. The number of hydrogen-bond acceptors (Lipinski definition) is 7. The maximum absolute atomic E-state index is 11.2. The summed E-state index contributed by atoms with van der Waals surface area (Å²) in [6.07, 6.45) is -0.137. The van der Waals surface area contributed by atoms with Gasteiger partial charge in [0.15, 0.2) is 0 Å². The molecular formula is C24H27N3O5. The molecule has 2 atom stereocenters. The molecule has 0 aliphatic heterocycles. The van der Waals surface area contributed by atoms with Crippen LogP contribution in [0.2, 0.25) is 0 Å². The number of nitrogens with one attached hydrogen (secondary N) is 1. The number of ether oxygens (including phenoxy) is 2. The molecular weight excluding hydrogens is 410 g/mol. The molecule has 0 aliphatic rings. The monoisotopic (exact) mass is 437 g/mol. The Kier molecular flexibility index (Phi) is 8.56. The lowest BCUT2D eigenvalue weighted by Crippen LogP contribution is -2.41. The van der Waals surface area contributed by atoms with E-state index in [4.69, 9.17) is 15.2 Å². The number of benzene rings is 2. The fourth-order valence-electron chi connectivity index (χ4n) is 2.98. The van der Waals surface area contributed by atoms with Crippen molar-refractivity contribution in [3.63, 3.8) is 0 Å². The molecule has 1 unspecified atom stereocenters. The number of rotatable bonds is 12. The van der Waals surface area contributed by atoms with Crippen molar-refractivity contribution in [3.05, 3.63) is 84.1 Å². The second-order valence-corrected chi connectivity index (χ2v) is 7.24. The maximum atomic E-state index is 11.2. The van der Waals surface area contributed by atoms with Gasteiger partial charge in [0.1, 0.15) is 29.9 Å². The number of aliphatic hydroxyl groups excluding tert-OH is 2. The van der Waals surface area contributed by atoms with Crippen molar-refractivity contribution in [2.75, 3.05) is 19.8 Å². The Labute approximate surface area is 186 Å². The summed E-state index contributed by atoms with van der Waals surface area (Å²) in [5, 5.41) is 23.0. The minimum absolute atomic E-state index is 0.0751. The Morgan fingerprint density at radius 1 is 1.00 bits per heavy atom. The van der Waals surface area contributed by atoms with Crippen LogP contribution in [0.4, 0.5) is 0 Å². The fraction of sp³-hybridized carbons (Fsp3) is 0.250. The molecule has 0 fully saturated rings. The van der Waals surface area contributed by atoms with Gasteiger partial charge >= 0.3 is 0 Å². The molecule has 1 amide bonds. The Bertz CT molecular complexity index is 982.